The molecule has 0 spiro atoms. The van der Waals surface area contributed by atoms with Crippen LogP contribution in [0.5, 0.6) is 0 Å². The van der Waals surface area contributed by atoms with E-state index in [9.17, 15) is 4.79 Å². The van der Waals surface area contributed by atoms with Crippen molar-refractivity contribution in [1.29, 1.82) is 0 Å². The Hall–Kier alpha value is -2.28. The van der Waals surface area contributed by atoms with E-state index >= 15 is 0 Å². The smallest absolute Gasteiger partial charge is 0.275 e. The van der Waals surface area contributed by atoms with Crippen molar-refractivity contribution < 1.29 is 4.79 Å². The molecule has 4 rings (SSSR count). The molecule has 1 saturated heterocycles. The fourth-order valence-corrected chi connectivity index (χ4v) is 3.90. The van der Waals surface area contributed by atoms with Crippen LogP contribution in [0.3, 0.4) is 0 Å². The maximum absolute atomic E-state index is 13.1. The normalized spacial score (nSPS) is 19.6. The lowest BCUT2D eigenvalue weighted by Gasteiger charge is -2.23. The summed E-state index contributed by atoms with van der Waals surface area (Å²) >= 11 is 0. The quantitative estimate of drug-likeness (QED) is 0.917. The number of carbonyl (C=O) groups is 1. The van der Waals surface area contributed by atoms with Gasteiger partial charge in [0, 0.05) is 30.5 Å². The number of rotatable bonds is 4. The number of fused-ring (bicyclic) bond motifs is 1. The van der Waals surface area contributed by atoms with Crippen LogP contribution < -0.4 is 0 Å². The minimum Gasteiger partial charge on any atom is -0.327 e. The number of H-pyrrole nitrogens is 1. The van der Waals surface area contributed by atoms with E-state index in [4.69, 9.17) is 4.98 Å². The van der Waals surface area contributed by atoms with Crippen LogP contribution in [0.2, 0.25) is 0 Å². The Morgan fingerprint density at radius 3 is 3.08 bits per heavy atom. The predicted octanol–water partition coefficient (Wildman–Crippen LogP) is 1.73. The van der Waals surface area contributed by atoms with Gasteiger partial charge in [0.15, 0.2) is 11.5 Å². The van der Waals surface area contributed by atoms with Gasteiger partial charge in [-0.15, -0.1) is 0 Å². The predicted molar refractivity (Wildman–Crippen MR) is 93.0 cm³/mol. The van der Waals surface area contributed by atoms with Crippen molar-refractivity contribution in [2.45, 2.75) is 44.7 Å². The van der Waals surface area contributed by atoms with E-state index in [0.29, 0.717) is 5.69 Å². The first kappa shape index (κ1) is 16.2. The molecule has 0 saturated carbocycles. The van der Waals surface area contributed by atoms with Crippen molar-refractivity contribution in [3.05, 3.63) is 40.7 Å². The van der Waals surface area contributed by atoms with Crippen molar-refractivity contribution in [3.8, 4) is 0 Å². The van der Waals surface area contributed by atoms with Crippen LogP contribution >= 0.6 is 0 Å². The van der Waals surface area contributed by atoms with Gasteiger partial charge in [0.05, 0.1) is 11.7 Å². The number of aromatic nitrogens is 4. The zero-order valence-corrected chi connectivity index (χ0v) is 14.8. The monoisotopic (exact) mass is 340 g/mol. The number of hydrogen-bond donors (Lipinski definition) is 1. The molecule has 0 radical (unpaired) electrons. The minimum absolute atomic E-state index is 0.0171. The standard InChI is InChI=1S/C18H24N6O/c1-23(2)11-12-8-9-19-17(20-12)15-7-4-10-24(15)18(25)16-13-5-3-6-14(13)21-22-16/h8-9,15H,3-7,10-11H2,1-2H3,(H,21,22). The second-order valence-electron chi connectivity index (χ2n) is 7.18. The summed E-state index contributed by atoms with van der Waals surface area (Å²) in [6.07, 6.45) is 6.72. The van der Waals surface area contributed by atoms with Crippen molar-refractivity contribution >= 4 is 5.91 Å². The molecular formula is C18H24N6O. The van der Waals surface area contributed by atoms with Crippen LogP contribution in [0.4, 0.5) is 0 Å². The molecule has 1 fully saturated rings. The first-order chi connectivity index (χ1) is 12.1. The fourth-order valence-electron chi connectivity index (χ4n) is 3.90. The van der Waals surface area contributed by atoms with Gasteiger partial charge in [-0.3, -0.25) is 9.89 Å². The van der Waals surface area contributed by atoms with E-state index in [1.54, 1.807) is 6.20 Å². The zero-order chi connectivity index (χ0) is 17.4. The van der Waals surface area contributed by atoms with Gasteiger partial charge in [-0.2, -0.15) is 5.10 Å². The van der Waals surface area contributed by atoms with Gasteiger partial charge in [0.1, 0.15) is 0 Å². The van der Waals surface area contributed by atoms with Crippen molar-refractivity contribution in [1.82, 2.24) is 30.0 Å². The average Bonchev–Trinajstić information content (AvgIpc) is 3.30. The van der Waals surface area contributed by atoms with Gasteiger partial charge in [-0.25, -0.2) is 9.97 Å². The Bertz CT molecular complexity index is 784. The molecule has 1 amide bonds. The van der Waals surface area contributed by atoms with Crippen LogP contribution in [0.25, 0.3) is 0 Å². The van der Waals surface area contributed by atoms with Gasteiger partial charge in [-0.05, 0) is 52.3 Å². The highest BCUT2D eigenvalue weighted by Crippen LogP contribution is 2.33. The maximum atomic E-state index is 13.1. The Balaban J connectivity index is 1.59. The number of nitrogens with zero attached hydrogens (tertiary/aromatic N) is 5. The van der Waals surface area contributed by atoms with E-state index in [-0.39, 0.29) is 11.9 Å². The third-order valence-electron chi connectivity index (χ3n) is 5.03. The van der Waals surface area contributed by atoms with Crippen LogP contribution in [-0.4, -0.2) is 56.5 Å². The first-order valence-corrected chi connectivity index (χ1v) is 8.97. The number of carbonyl (C=O) groups excluding carboxylic acids is 1. The molecule has 0 aromatic carbocycles. The molecular weight excluding hydrogens is 316 g/mol. The molecule has 1 atom stereocenters. The third kappa shape index (κ3) is 3.04. The third-order valence-corrected chi connectivity index (χ3v) is 5.03. The molecule has 2 aromatic rings. The lowest BCUT2D eigenvalue weighted by atomic mass is 10.1. The SMILES string of the molecule is CN(C)Cc1ccnc(C2CCCN2C(=O)c2n[nH]c3c2CCC3)n1. The van der Waals surface area contributed by atoms with E-state index in [0.717, 1.165) is 68.0 Å². The average molecular weight is 340 g/mol. The van der Waals surface area contributed by atoms with E-state index in [1.807, 2.05) is 25.1 Å². The van der Waals surface area contributed by atoms with Crippen LogP contribution in [0.1, 0.15) is 58.6 Å². The van der Waals surface area contributed by atoms with Crippen molar-refractivity contribution in [2.75, 3.05) is 20.6 Å². The molecule has 1 N–H and O–H groups in total. The number of nitrogens with one attached hydrogen (secondary N) is 1. The largest absolute Gasteiger partial charge is 0.327 e. The molecule has 1 aliphatic carbocycles. The second kappa shape index (κ2) is 6.55. The molecule has 7 nitrogen and oxygen atoms in total. The van der Waals surface area contributed by atoms with Gasteiger partial charge >= 0.3 is 0 Å². The first-order valence-electron chi connectivity index (χ1n) is 8.97. The molecule has 7 heteroatoms. The summed E-state index contributed by atoms with van der Waals surface area (Å²) in [6.45, 7) is 1.51. The summed E-state index contributed by atoms with van der Waals surface area (Å²) in [5, 5.41) is 7.35. The Morgan fingerprint density at radius 2 is 2.24 bits per heavy atom. The van der Waals surface area contributed by atoms with Gasteiger partial charge in [-0.1, -0.05) is 0 Å². The number of likely N-dealkylation sites (tertiary alicyclic amines) is 1. The van der Waals surface area contributed by atoms with Crippen LogP contribution in [0.15, 0.2) is 12.3 Å². The fraction of sp³-hybridized carbons (Fsp3) is 0.556. The van der Waals surface area contributed by atoms with Gasteiger partial charge < -0.3 is 9.80 Å². The highest BCUT2D eigenvalue weighted by molar-refractivity contribution is 5.94. The number of hydrogen-bond acceptors (Lipinski definition) is 5. The summed E-state index contributed by atoms with van der Waals surface area (Å²) in [4.78, 5) is 26.3. The van der Waals surface area contributed by atoms with E-state index in [2.05, 4.69) is 20.1 Å². The topological polar surface area (TPSA) is 78.0 Å². The summed E-state index contributed by atoms with van der Waals surface area (Å²) in [7, 11) is 4.04. The highest BCUT2D eigenvalue weighted by Gasteiger charge is 2.35. The lowest BCUT2D eigenvalue weighted by molar-refractivity contribution is 0.0722. The molecule has 0 bridgehead atoms. The number of amides is 1. The van der Waals surface area contributed by atoms with Gasteiger partial charge in [0.2, 0.25) is 0 Å². The number of aromatic amines is 1. The molecule has 1 unspecified atom stereocenters. The minimum atomic E-state index is -0.0524. The Morgan fingerprint density at radius 1 is 1.36 bits per heavy atom. The van der Waals surface area contributed by atoms with Crippen LogP contribution in [-0.2, 0) is 19.4 Å². The molecule has 2 aliphatic rings. The molecule has 25 heavy (non-hydrogen) atoms. The van der Waals surface area contributed by atoms with Crippen LogP contribution in [0, 0.1) is 0 Å². The molecule has 2 aromatic heterocycles. The van der Waals surface area contributed by atoms with Crippen molar-refractivity contribution in [3.63, 3.8) is 0 Å². The van der Waals surface area contributed by atoms with Gasteiger partial charge in [0.25, 0.3) is 5.91 Å². The molecule has 1 aliphatic heterocycles. The summed E-state index contributed by atoms with van der Waals surface area (Å²) in [6, 6.07) is 1.88. The highest BCUT2D eigenvalue weighted by atomic mass is 16.2. The summed E-state index contributed by atoms with van der Waals surface area (Å²) < 4.78 is 0. The Labute approximate surface area is 147 Å². The maximum Gasteiger partial charge on any atom is 0.275 e. The number of aryl methyl sites for hydroxylation is 1. The zero-order valence-electron chi connectivity index (χ0n) is 14.8. The second-order valence-corrected chi connectivity index (χ2v) is 7.18. The Kier molecular flexibility index (Phi) is 4.25. The molecule has 132 valence electrons. The summed E-state index contributed by atoms with van der Waals surface area (Å²) in [5.41, 5.74) is 3.82. The lowest BCUT2D eigenvalue weighted by Crippen LogP contribution is -2.32. The van der Waals surface area contributed by atoms with E-state index < -0.39 is 0 Å². The molecule has 3 heterocycles. The van der Waals surface area contributed by atoms with Crippen molar-refractivity contribution in [2.24, 2.45) is 0 Å². The van der Waals surface area contributed by atoms with E-state index in [1.165, 1.54) is 0 Å². The summed E-state index contributed by atoms with van der Waals surface area (Å²) in [5.74, 6) is 0.765.